The van der Waals surface area contributed by atoms with Gasteiger partial charge in [-0.15, -0.1) is 10.2 Å². The van der Waals surface area contributed by atoms with Crippen molar-refractivity contribution in [2.24, 2.45) is 0 Å². The summed E-state index contributed by atoms with van der Waals surface area (Å²) < 4.78 is 0.776. The molecule has 1 heterocycles. The average Bonchev–Trinajstić information content (AvgIpc) is 3.19. The minimum atomic E-state index is -0.203. The fourth-order valence-electron chi connectivity index (χ4n) is 2.64. The Balaban J connectivity index is 1.39. The number of carbonyl (C=O) groups excluding carboxylic acids is 1. The highest BCUT2D eigenvalue weighted by Crippen LogP contribution is 2.28. The number of thioether (sulfide) groups is 1. The number of hydrogen-bond acceptors (Lipinski definition) is 6. The molecule has 0 spiro atoms. The molecule has 0 aliphatic heterocycles. The van der Waals surface area contributed by atoms with Gasteiger partial charge in [0.15, 0.2) is 4.34 Å². The second kappa shape index (κ2) is 8.21. The number of rotatable bonds is 5. The number of carbonyl (C=O) groups is 1. The predicted octanol–water partition coefficient (Wildman–Crippen LogP) is 5.11. The summed E-state index contributed by atoms with van der Waals surface area (Å²) in [4.78, 5) is 12.5. The van der Waals surface area contributed by atoms with Crippen LogP contribution in [0.15, 0.2) is 71.1 Å². The molecule has 1 aromatic heterocycles. The zero-order valence-electron chi connectivity index (χ0n) is 14.6. The van der Waals surface area contributed by atoms with E-state index in [4.69, 9.17) is 5.26 Å². The molecule has 1 N–H and O–H groups in total. The predicted molar refractivity (Wildman–Crippen MR) is 113 cm³/mol. The quantitative estimate of drug-likeness (QED) is 0.371. The molecule has 0 radical (unpaired) electrons. The van der Waals surface area contributed by atoms with Gasteiger partial charge in [-0.1, -0.05) is 65.6 Å². The lowest BCUT2D eigenvalue weighted by molar-refractivity contribution is 0.102. The maximum Gasteiger partial charge on any atom is 0.257 e. The number of nitrogens with zero attached hydrogens (tertiary/aromatic N) is 3. The van der Waals surface area contributed by atoms with E-state index < -0.39 is 0 Å². The Morgan fingerprint density at radius 3 is 2.61 bits per heavy atom. The summed E-state index contributed by atoms with van der Waals surface area (Å²) in [5, 5.41) is 22.4. The lowest BCUT2D eigenvalue weighted by Crippen LogP contribution is -2.11. The second-order valence-electron chi connectivity index (χ2n) is 5.99. The molecule has 0 fully saturated rings. The molecule has 4 aromatic rings. The molecule has 0 aliphatic rings. The third-order valence-corrected chi connectivity index (χ3v) is 6.13. The fraction of sp³-hybridized carbons (Fsp3) is 0.0476. The van der Waals surface area contributed by atoms with Crippen molar-refractivity contribution in [3.05, 3.63) is 83.4 Å². The van der Waals surface area contributed by atoms with Crippen molar-refractivity contribution in [1.82, 2.24) is 10.2 Å². The van der Waals surface area contributed by atoms with Crippen LogP contribution in [-0.2, 0) is 5.75 Å². The van der Waals surface area contributed by atoms with Gasteiger partial charge in [0.2, 0.25) is 5.13 Å². The molecule has 4 rings (SSSR count). The van der Waals surface area contributed by atoms with E-state index >= 15 is 0 Å². The van der Waals surface area contributed by atoms with Gasteiger partial charge in [0.05, 0.1) is 11.6 Å². The number of fused-ring (bicyclic) bond motifs is 1. The monoisotopic (exact) mass is 402 g/mol. The minimum absolute atomic E-state index is 0.203. The Morgan fingerprint density at radius 1 is 1.04 bits per heavy atom. The zero-order valence-corrected chi connectivity index (χ0v) is 16.3. The largest absolute Gasteiger partial charge is 0.296 e. The number of amides is 1. The fourth-order valence-corrected chi connectivity index (χ4v) is 4.34. The third-order valence-electron chi connectivity index (χ3n) is 4.08. The van der Waals surface area contributed by atoms with Gasteiger partial charge in [0.25, 0.3) is 5.91 Å². The molecule has 28 heavy (non-hydrogen) atoms. The van der Waals surface area contributed by atoms with Crippen LogP contribution in [-0.4, -0.2) is 16.1 Å². The van der Waals surface area contributed by atoms with Crippen molar-refractivity contribution in [2.45, 2.75) is 10.1 Å². The van der Waals surface area contributed by atoms with E-state index in [1.54, 1.807) is 30.0 Å². The van der Waals surface area contributed by atoms with Crippen LogP contribution in [0.1, 0.15) is 21.5 Å². The Labute approximate surface area is 170 Å². The lowest BCUT2D eigenvalue weighted by atomic mass is 10.1. The molecule has 0 saturated carbocycles. The van der Waals surface area contributed by atoms with E-state index in [0.717, 1.165) is 26.4 Å². The minimum Gasteiger partial charge on any atom is -0.296 e. The SMILES string of the molecule is N#Cc1ccc(CSc2nnc(NC(=O)c3ccc4ccccc4c3)s2)cc1. The maximum absolute atomic E-state index is 12.5. The zero-order chi connectivity index (χ0) is 19.3. The molecule has 136 valence electrons. The van der Waals surface area contributed by atoms with Gasteiger partial charge in [-0.2, -0.15) is 5.26 Å². The van der Waals surface area contributed by atoms with E-state index in [1.807, 2.05) is 48.5 Å². The third kappa shape index (κ3) is 4.19. The van der Waals surface area contributed by atoms with E-state index in [9.17, 15) is 4.79 Å². The molecule has 5 nitrogen and oxygen atoms in total. The van der Waals surface area contributed by atoms with Gasteiger partial charge >= 0.3 is 0 Å². The van der Waals surface area contributed by atoms with Gasteiger partial charge in [0.1, 0.15) is 0 Å². The molecular weight excluding hydrogens is 388 g/mol. The first-order valence-electron chi connectivity index (χ1n) is 8.47. The summed E-state index contributed by atoms with van der Waals surface area (Å²) in [6.07, 6.45) is 0. The summed E-state index contributed by atoms with van der Waals surface area (Å²) in [6, 6.07) is 23.1. The van der Waals surface area contributed by atoms with Gasteiger partial charge in [0, 0.05) is 11.3 Å². The Morgan fingerprint density at radius 2 is 1.82 bits per heavy atom. The van der Waals surface area contributed by atoms with Gasteiger partial charge in [-0.3, -0.25) is 10.1 Å². The highest BCUT2D eigenvalue weighted by molar-refractivity contribution is 8.00. The topological polar surface area (TPSA) is 78.7 Å². The molecule has 3 aromatic carbocycles. The average molecular weight is 403 g/mol. The highest BCUT2D eigenvalue weighted by Gasteiger charge is 2.11. The molecule has 7 heteroatoms. The molecular formula is C21H14N4OS2. The van der Waals surface area contributed by atoms with E-state index in [0.29, 0.717) is 16.3 Å². The molecule has 0 unspecified atom stereocenters. The maximum atomic E-state index is 12.5. The van der Waals surface area contributed by atoms with Crippen LogP contribution < -0.4 is 5.32 Å². The summed E-state index contributed by atoms with van der Waals surface area (Å²) in [5.74, 6) is 0.518. The van der Waals surface area contributed by atoms with Crippen LogP contribution >= 0.6 is 23.1 Å². The number of nitrogens with one attached hydrogen (secondary N) is 1. The van der Waals surface area contributed by atoms with Crippen molar-refractivity contribution in [3.8, 4) is 6.07 Å². The standard InChI is InChI=1S/C21H14N4OS2/c22-12-14-5-7-15(8-6-14)13-27-21-25-24-20(28-21)23-19(26)18-10-9-16-3-1-2-4-17(16)11-18/h1-11H,13H2,(H,23,24,26). The first-order valence-corrected chi connectivity index (χ1v) is 10.3. The van der Waals surface area contributed by atoms with Crippen molar-refractivity contribution < 1.29 is 4.79 Å². The Bertz CT molecular complexity index is 1180. The number of nitriles is 1. The van der Waals surface area contributed by atoms with E-state index in [1.165, 1.54) is 11.3 Å². The van der Waals surface area contributed by atoms with E-state index in [-0.39, 0.29) is 5.91 Å². The smallest absolute Gasteiger partial charge is 0.257 e. The van der Waals surface area contributed by atoms with Crippen LogP contribution in [0.25, 0.3) is 10.8 Å². The Hall–Kier alpha value is -3.21. The van der Waals surface area contributed by atoms with Gasteiger partial charge in [-0.05, 0) is 40.6 Å². The van der Waals surface area contributed by atoms with Crippen molar-refractivity contribution in [3.63, 3.8) is 0 Å². The number of benzene rings is 3. The first kappa shape index (κ1) is 18.2. The number of hydrogen-bond donors (Lipinski definition) is 1. The summed E-state index contributed by atoms with van der Waals surface area (Å²) >= 11 is 2.89. The second-order valence-corrected chi connectivity index (χ2v) is 8.19. The van der Waals surface area contributed by atoms with Gasteiger partial charge in [-0.25, -0.2) is 0 Å². The first-order chi connectivity index (χ1) is 13.7. The molecule has 0 aliphatic carbocycles. The van der Waals surface area contributed by atoms with Gasteiger partial charge < -0.3 is 0 Å². The van der Waals surface area contributed by atoms with E-state index in [2.05, 4.69) is 21.6 Å². The Kier molecular flexibility index (Phi) is 5.33. The van der Waals surface area contributed by atoms with Crippen LogP contribution in [0.3, 0.4) is 0 Å². The normalized spacial score (nSPS) is 10.5. The number of anilines is 1. The molecule has 0 atom stereocenters. The van der Waals surface area contributed by atoms with Crippen molar-refractivity contribution in [2.75, 3.05) is 5.32 Å². The number of aromatic nitrogens is 2. The van der Waals surface area contributed by atoms with Crippen LogP contribution in [0.5, 0.6) is 0 Å². The van der Waals surface area contributed by atoms with Crippen molar-refractivity contribution in [1.29, 1.82) is 5.26 Å². The lowest BCUT2D eigenvalue weighted by Gasteiger charge is -2.03. The van der Waals surface area contributed by atoms with Crippen LogP contribution in [0.4, 0.5) is 5.13 Å². The van der Waals surface area contributed by atoms with Crippen LogP contribution in [0, 0.1) is 11.3 Å². The summed E-state index contributed by atoms with van der Waals surface area (Å²) in [6.45, 7) is 0. The molecule has 0 saturated heterocycles. The van der Waals surface area contributed by atoms with Crippen molar-refractivity contribution >= 4 is 44.9 Å². The molecule has 1 amide bonds. The van der Waals surface area contributed by atoms with Crippen LogP contribution in [0.2, 0.25) is 0 Å². The molecule has 0 bridgehead atoms. The summed E-state index contributed by atoms with van der Waals surface area (Å²) in [7, 11) is 0. The highest BCUT2D eigenvalue weighted by atomic mass is 32.2. The summed E-state index contributed by atoms with van der Waals surface area (Å²) in [5.41, 5.74) is 2.32.